The van der Waals surface area contributed by atoms with Crippen LogP contribution < -0.4 is 10.6 Å². The van der Waals surface area contributed by atoms with Crippen LogP contribution in [-0.4, -0.2) is 38.9 Å². The maximum atomic E-state index is 5.27. The van der Waals surface area contributed by atoms with E-state index >= 15 is 0 Å². The molecule has 66 valence electrons. The first-order valence-corrected chi connectivity index (χ1v) is 4.57. The molecule has 3 nitrogen and oxygen atoms in total. The molecular weight excluding hydrogens is 140 g/mol. The molecule has 0 aromatic rings. The molecule has 4 N–H and O–H groups in total. The Morgan fingerprint density at radius 2 is 2.09 bits per heavy atom. The van der Waals surface area contributed by atoms with Crippen LogP contribution in [0.25, 0.3) is 0 Å². The van der Waals surface area contributed by atoms with E-state index < -0.39 is 0 Å². The van der Waals surface area contributed by atoms with Gasteiger partial charge in [0.15, 0.2) is 0 Å². The third-order valence-electron chi connectivity index (χ3n) is 2.35. The molecule has 1 rings (SSSR count). The lowest BCUT2D eigenvalue weighted by molar-refractivity contribution is -0.916. The first-order chi connectivity index (χ1) is 5.33. The summed E-state index contributed by atoms with van der Waals surface area (Å²) in [6, 6.07) is 0.628. The Kier molecular flexibility index (Phi) is 3.83. The summed E-state index contributed by atoms with van der Waals surface area (Å²) in [6.07, 6.45) is 1.20. The smallest absolute Gasteiger partial charge is 0.134 e. The zero-order valence-corrected chi connectivity index (χ0v) is 7.44. The Morgan fingerprint density at radius 3 is 2.64 bits per heavy atom. The maximum Gasteiger partial charge on any atom is 0.134 e. The number of rotatable bonds is 3. The third-order valence-corrected chi connectivity index (χ3v) is 2.35. The molecule has 0 unspecified atom stereocenters. The molecule has 1 atom stereocenters. The van der Waals surface area contributed by atoms with Crippen LogP contribution in [0.4, 0.5) is 0 Å². The molecule has 1 aliphatic heterocycles. The summed E-state index contributed by atoms with van der Waals surface area (Å²) in [7, 11) is 0. The van der Waals surface area contributed by atoms with E-state index in [1.54, 1.807) is 4.90 Å². The number of nitrogens with one attached hydrogen (secondary N) is 1. The highest BCUT2D eigenvalue weighted by atomic mass is 16.5. The minimum atomic E-state index is 0.628. The van der Waals surface area contributed by atoms with Crippen molar-refractivity contribution in [3.05, 3.63) is 0 Å². The van der Waals surface area contributed by atoms with Gasteiger partial charge >= 0.3 is 0 Å². The average Bonchev–Trinajstić information content (AvgIpc) is 2.06. The number of morpholine rings is 1. The van der Waals surface area contributed by atoms with E-state index in [1.807, 2.05) is 0 Å². The highest BCUT2D eigenvalue weighted by Gasteiger charge is 2.17. The average molecular weight is 160 g/mol. The van der Waals surface area contributed by atoms with Crippen molar-refractivity contribution < 1.29 is 15.4 Å². The van der Waals surface area contributed by atoms with Crippen molar-refractivity contribution >= 4 is 0 Å². The predicted octanol–water partition coefficient (Wildman–Crippen LogP) is -2.08. The summed E-state index contributed by atoms with van der Waals surface area (Å²) in [5, 5.41) is 0. The van der Waals surface area contributed by atoms with E-state index in [0.717, 1.165) is 13.2 Å². The van der Waals surface area contributed by atoms with Gasteiger partial charge in [0.1, 0.15) is 25.7 Å². The highest BCUT2D eigenvalue weighted by molar-refractivity contribution is 4.47. The molecule has 0 aromatic heterocycles. The van der Waals surface area contributed by atoms with Gasteiger partial charge < -0.3 is 15.4 Å². The molecular formula is C8H20N2O+2. The van der Waals surface area contributed by atoms with Gasteiger partial charge in [-0.1, -0.05) is 6.92 Å². The summed E-state index contributed by atoms with van der Waals surface area (Å²) in [4.78, 5) is 1.66. The standard InChI is InChI=1S/C8H18N2O/c1-2-8(9)7-10-3-5-11-6-4-10/h8H,2-7,9H2,1H3/p+2/t8-/m1/s1. The highest BCUT2D eigenvalue weighted by Crippen LogP contribution is 1.79. The molecule has 0 amide bonds. The lowest BCUT2D eigenvalue weighted by Gasteiger charge is -2.24. The molecule has 1 fully saturated rings. The van der Waals surface area contributed by atoms with Crippen LogP contribution >= 0.6 is 0 Å². The van der Waals surface area contributed by atoms with Crippen LogP contribution in [0.5, 0.6) is 0 Å². The van der Waals surface area contributed by atoms with Gasteiger partial charge in [0.2, 0.25) is 0 Å². The second-order valence-electron chi connectivity index (χ2n) is 3.34. The van der Waals surface area contributed by atoms with Crippen molar-refractivity contribution in [1.82, 2.24) is 0 Å². The van der Waals surface area contributed by atoms with Crippen molar-refractivity contribution in [2.75, 3.05) is 32.8 Å². The zero-order valence-electron chi connectivity index (χ0n) is 7.44. The second kappa shape index (κ2) is 4.70. The SMILES string of the molecule is CC[C@@H]([NH3+])C[NH+]1CCOCC1. The Labute approximate surface area is 68.5 Å². The van der Waals surface area contributed by atoms with Gasteiger partial charge in [0, 0.05) is 6.42 Å². The summed E-state index contributed by atoms with van der Waals surface area (Å²) in [5.74, 6) is 0. The molecule has 1 heterocycles. The van der Waals surface area contributed by atoms with Gasteiger partial charge in [-0.3, -0.25) is 0 Å². The van der Waals surface area contributed by atoms with E-state index in [2.05, 4.69) is 12.7 Å². The molecule has 1 saturated heterocycles. The van der Waals surface area contributed by atoms with Crippen molar-refractivity contribution in [1.29, 1.82) is 0 Å². The van der Waals surface area contributed by atoms with Crippen LogP contribution in [0, 0.1) is 0 Å². The molecule has 3 heteroatoms. The number of hydrogen-bond donors (Lipinski definition) is 2. The van der Waals surface area contributed by atoms with Gasteiger partial charge in [-0.15, -0.1) is 0 Å². The monoisotopic (exact) mass is 160 g/mol. The van der Waals surface area contributed by atoms with Crippen LogP contribution in [0.2, 0.25) is 0 Å². The Hall–Kier alpha value is -0.120. The van der Waals surface area contributed by atoms with Crippen molar-refractivity contribution in [2.24, 2.45) is 0 Å². The lowest BCUT2D eigenvalue weighted by Crippen LogP contribution is -3.16. The first kappa shape index (κ1) is 8.97. The maximum absolute atomic E-state index is 5.27. The quantitative estimate of drug-likeness (QED) is 0.489. The third kappa shape index (κ3) is 3.18. The number of ether oxygens (including phenoxy) is 1. The first-order valence-electron chi connectivity index (χ1n) is 4.57. The molecule has 1 aliphatic rings. The van der Waals surface area contributed by atoms with Gasteiger partial charge in [-0.05, 0) is 0 Å². The van der Waals surface area contributed by atoms with Crippen molar-refractivity contribution in [3.8, 4) is 0 Å². The normalized spacial score (nSPS) is 23.5. The predicted molar refractivity (Wildman–Crippen MR) is 43.3 cm³/mol. The Bertz CT molecular complexity index is 102. The lowest BCUT2D eigenvalue weighted by atomic mass is 10.2. The van der Waals surface area contributed by atoms with Gasteiger partial charge in [-0.25, -0.2) is 0 Å². The molecule has 11 heavy (non-hydrogen) atoms. The molecule has 0 aliphatic carbocycles. The van der Waals surface area contributed by atoms with E-state index in [9.17, 15) is 0 Å². The number of hydrogen-bond acceptors (Lipinski definition) is 1. The van der Waals surface area contributed by atoms with Crippen molar-refractivity contribution in [3.63, 3.8) is 0 Å². The second-order valence-corrected chi connectivity index (χ2v) is 3.34. The fourth-order valence-electron chi connectivity index (χ4n) is 1.42. The topological polar surface area (TPSA) is 41.3 Å². The van der Waals surface area contributed by atoms with Crippen LogP contribution in [0.1, 0.15) is 13.3 Å². The van der Waals surface area contributed by atoms with Crippen LogP contribution in [-0.2, 0) is 4.74 Å². The number of quaternary nitrogens is 2. The summed E-state index contributed by atoms with van der Waals surface area (Å²) in [6.45, 7) is 7.65. The molecule has 0 spiro atoms. The molecule has 0 aromatic carbocycles. The zero-order chi connectivity index (χ0) is 8.10. The summed E-state index contributed by atoms with van der Waals surface area (Å²) < 4.78 is 5.27. The Balaban J connectivity index is 2.13. The van der Waals surface area contributed by atoms with E-state index in [4.69, 9.17) is 4.74 Å². The fraction of sp³-hybridized carbons (Fsp3) is 1.00. The minimum Gasteiger partial charge on any atom is -0.370 e. The van der Waals surface area contributed by atoms with Crippen molar-refractivity contribution in [2.45, 2.75) is 19.4 Å². The van der Waals surface area contributed by atoms with E-state index in [-0.39, 0.29) is 0 Å². The summed E-state index contributed by atoms with van der Waals surface area (Å²) >= 11 is 0. The van der Waals surface area contributed by atoms with Gasteiger partial charge in [0.05, 0.1) is 13.2 Å². The van der Waals surface area contributed by atoms with E-state index in [0.29, 0.717) is 6.04 Å². The molecule has 0 saturated carbocycles. The minimum absolute atomic E-state index is 0.628. The van der Waals surface area contributed by atoms with Crippen LogP contribution in [0.15, 0.2) is 0 Å². The fourth-order valence-corrected chi connectivity index (χ4v) is 1.42. The van der Waals surface area contributed by atoms with Crippen LogP contribution in [0.3, 0.4) is 0 Å². The van der Waals surface area contributed by atoms with Gasteiger partial charge in [-0.2, -0.15) is 0 Å². The largest absolute Gasteiger partial charge is 0.370 e. The molecule has 0 bridgehead atoms. The van der Waals surface area contributed by atoms with E-state index in [1.165, 1.54) is 26.1 Å². The summed E-state index contributed by atoms with van der Waals surface area (Å²) in [5.41, 5.74) is 4.09. The van der Waals surface area contributed by atoms with Gasteiger partial charge in [0.25, 0.3) is 0 Å². The molecule has 0 radical (unpaired) electrons. The Morgan fingerprint density at radius 1 is 1.45 bits per heavy atom.